The van der Waals surface area contributed by atoms with Crippen molar-refractivity contribution in [1.29, 1.82) is 0 Å². The van der Waals surface area contributed by atoms with E-state index in [1.165, 1.54) is 0 Å². The van der Waals surface area contributed by atoms with Crippen LogP contribution >= 0.6 is 0 Å². The average Bonchev–Trinajstić information content (AvgIpc) is 2.49. The van der Waals surface area contributed by atoms with Crippen molar-refractivity contribution in [2.24, 2.45) is 0 Å². The lowest BCUT2D eigenvalue weighted by Gasteiger charge is -2.23. The zero-order valence-corrected chi connectivity index (χ0v) is 13.2. The molecule has 0 fully saturated rings. The van der Waals surface area contributed by atoms with Crippen molar-refractivity contribution >= 4 is 0 Å². The molecule has 0 aliphatic heterocycles. The molecule has 0 saturated carbocycles. The molecule has 21 heavy (non-hydrogen) atoms. The van der Waals surface area contributed by atoms with Crippen LogP contribution in [0.25, 0.3) is 0 Å². The van der Waals surface area contributed by atoms with Gasteiger partial charge in [-0.1, -0.05) is 12.1 Å². The summed E-state index contributed by atoms with van der Waals surface area (Å²) in [6, 6.07) is 9.90. The van der Waals surface area contributed by atoms with E-state index in [1.807, 2.05) is 45.2 Å². The third kappa shape index (κ3) is 3.00. The van der Waals surface area contributed by atoms with Crippen LogP contribution in [0.1, 0.15) is 28.6 Å². The van der Waals surface area contributed by atoms with Crippen molar-refractivity contribution in [3.63, 3.8) is 0 Å². The maximum atomic E-state index is 5.52. The molecule has 0 amide bonds. The Balaban J connectivity index is 2.61. The quantitative estimate of drug-likeness (QED) is 0.917. The van der Waals surface area contributed by atoms with Crippen molar-refractivity contribution in [3.8, 4) is 11.5 Å². The van der Waals surface area contributed by atoms with Crippen molar-refractivity contribution in [3.05, 3.63) is 52.8 Å². The number of pyridine rings is 1. The van der Waals surface area contributed by atoms with Gasteiger partial charge in [-0.2, -0.15) is 0 Å². The fourth-order valence-corrected chi connectivity index (χ4v) is 2.62. The Bertz CT molecular complexity index is 604. The summed E-state index contributed by atoms with van der Waals surface area (Å²) in [6.07, 6.45) is 0. The maximum Gasteiger partial charge on any atom is 0.127 e. The highest BCUT2D eigenvalue weighted by atomic mass is 16.5. The van der Waals surface area contributed by atoms with Gasteiger partial charge in [0.2, 0.25) is 0 Å². The minimum Gasteiger partial charge on any atom is -0.496 e. The van der Waals surface area contributed by atoms with Crippen LogP contribution in [0.5, 0.6) is 11.5 Å². The lowest BCUT2D eigenvalue weighted by molar-refractivity contribution is 0.378. The van der Waals surface area contributed by atoms with Gasteiger partial charge in [-0.3, -0.25) is 4.98 Å². The predicted octanol–water partition coefficient (Wildman–Crippen LogP) is 3.02. The molecule has 0 radical (unpaired) electrons. The second kappa shape index (κ2) is 6.59. The first-order chi connectivity index (χ1) is 10.1. The topological polar surface area (TPSA) is 43.4 Å². The van der Waals surface area contributed by atoms with Gasteiger partial charge in [0.05, 0.1) is 25.8 Å². The summed E-state index contributed by atoms with van der Waals surface area (Å²) in [5.41, 5.74) is 4.12. The number of hydrogen-bond acceptors (Lipinski definition) is 4. The van der Waals surface area contributed by atoms with E-state index in [9.17, 15) is 0 Å². The van der Waals surface area contributed by atoms with Crippen molar-refractivity contribution in [2.45, 2.75) is 19.9 Å². The van der Waals surface area contributed by atoms with Crippen molar-refractivity contribution < 1.29 is 9.47 Å². The fourth-order valence-electron chi connectivity index (χ4n) is 2.62. The molecule has 1 atom stereocenters. The van der Waals surface area contributed by atoms with Gasteiger partial charge in [0.25, 0.3) is 0 Å². The standard InChI is InChI=1S/C17H22N2O2/c1-11-9-10-13(12(2)19-11)17(18-3)16-14(20-4)7-6-8-15(16)21-5/h6-10,17-18H,1-5H3. The summed E-state index contributed by atoms with van der Waals surface area (Å²) in [6.45, 7) is 4.02. The van der Waals surface area contributed by atoms with Crippen LogP contribution in [-0.2, 0) is 0 Å². The van der Waals surface area contributed by atoms with E-state index in [0.29, 0.717) is 0 Å². The number of aryl methyl sites for hydroxylation is 2. The molecule has 112 valence electrons. The Morgan fingerprint density at radius 3 is 2.10 bits per heavy atom. The molecule has 0 aliphatic rings. The minimum absolute atomic E-state index is 0.0378. The Kier molecular flexibility index (Phi) is 4.81. The van der Waals surface area contributed by atoms with E-state index >= 15 is 0 Å². The van der Waals surface area contributed by atoms with Crippen LogP contribution in [0.2, 0.25) is 0 Å². The number of rotatable bonds is 5. The van der Waals surface area contributed by atoms with Crippen LogP contribution < -0.4 is 14.8 Å². The van der Waals surface area contributed by atoms with E-state index in [1.54, 1.807) is 14.2 Å². The molecule has 1 aromatic heterocycles. The zero-order chi connectivity index (χ0) is 15.4. The Hall–Kier alpha value is -2.07. The molecule has 0 aliphatic carbocycles. The van der Waals surface area contributed by atoms with E-state index in [2.05, 4.69) is 16.4 Å². The highest BCUT2D eigenvalue weighted by Gasteiger charge is 2.23. The van der Waals surface area contributed by atoms with Crippen LogP contribution in [-0.4, -0.2) is 26.3 Å². The van der Waals surface area contributed by atoms with Crippen LogP contribution in [0, 0.1) is 13.8 Å². The third-order valence-corrected chi connectivity index (χ3v) is 3.62. The zero-order valence-electron chi connectivity index (χ0n) is 13.2. The molecule has 1 aromatic carbocycles. The summed E-state index contributed by atoms with van der Waals surface area (Å²) in [7, 11) is 5.27. The van der Waals surface area contributed by atoms with Gasteiger partial charge < -0.3 is 14.8 Å². The van der Waals surface area contributed by atoms with Gasteiger partial charge in [-0.25, -0.2) is 0 Å². The molecule has 0 bridgehead atoms. The molecular formula is C17H22N2O2. The van der Waals surface area contributed by atoms with Gasteiger partial charge in [-0.15, -0.1) is 0 Å². The Morgan fingerprint density at radius 2 is 1.62 bits per heavy atom. The number of hydrogen-bond donors (Lipinski definition) is 1. The van der Waals surface area contributed by atoms with E-state index in [0.717, 1.165) is 34.0 Å². The van der Waals surface area contributed by atoms with Gasteiger partial charge in [0.1, 0.15) is 11.5 Å². The largest absolute Gasteiger partial charge is 0.496 e. The van der Waals surface area contributed by atoms with Crippen molar-refractivity contribution in [2.75, 3.05) is 21.3 Å². The first-order valence-corrected chi connectivity index (χ1v) is 6.94. The first-order valence-electron chi connectivity index (χ1n) is 6.94. The molecule has 0 saturated heterocycles. The van der Waals surface area contributed by atoms with Crippen LogP contribution in [0.4, 0.5) is 0 Å². The smallest absolute Gasteiger partial charge is 0.127 e. The summed E-state index contributed by atoms with van der Waals surface area (Å²) < 4.78 is 11.0. The second-order valence-corrected chi connectivity index (χ2v) is 4.93. The van der Waals surface area contributed by atoms with Gasteiger partial charge in [0.15, 0.2) is 0 Å². The first kappa shape index (κ1) is 15.3. The lowest BCUT2D eigenvalue weighted by Crippen LogP contribution is -2.20. The van der Waals surface area contributed by atoms with E-state index in [-0.39, 0.29) is 6.04 Å². The van der Waals surface area contributed by atoms with Gasteiger partial charge >= 0.3 is 0 Å². The number of nitrogens with zero attached hydrogens (tertiary/aromatic N) is 1. The molecular weight excluding hydrogens is 264 g/mol. The SMILES string of the molecule is CNC(c1ccc(C)nc1C)c1c(OC)cccc1OC. The molecule has 1 heterocycles. The molecule has 2 rings (SSSR count). The maximum absolute atomic E-state index is 5.52. The third-order valence-electron chi connectivity index (χ3n) is 3.62. The number of ether oxygens (including phenoxy) is 2. The van der Waals surface area contributed by atoms with Crippen molar-refractivity contribution in [1.82, 2.24) is 10.3 Å². The number of benzene rings is 1. The molecule has 4 heteroatoms. The molecule has 2 aromatic rings. The molecule has 1 unspecified atom stereocenters. The monoisotopic (exact) mass is 286 g/mol. The fraction of sp³-hybridized carbons (Fsp3) is 0.353. The van der Waals surface area contributed by atoms with Crippen LogP contribution in [0.3, 0.4) is 0 Å². The van der Waals surface area contributed by atoms with Gasteiger partial charge in [0, 0.05) is 11.4 Å². The number of methoxy groups -OCH3 is 2. The van der Waals surface area contributed by atoms with Crippen LogP contribution in [0.15, 0.2) is 30.3 Å². The Morgan fingerprint density at radius 1 is 1.00 bits per heavy atom. The van der Waals surface area contributed by atoms with E-state index < -0.39 is 0 Å². The Labute approximate surface area is 126 Å². The number of aromatic nitrogens is 1. The summed E-state index contributed by atoms with van der Waals surface area (Å²) >= 11 is 0. The second-order valence-electron chi connectivity index (χ2n) is 4.93. The predicted molar refractivity (Wildman–Crippen MR) is 84.2 cm³/mol. The molecule has 0 spiro atoms. The minimum atomic E-state index is -0.0378. The lowest BCUT2D eigenvalue weighted by atomic mass is 9.95. The van der Waals surface area contributed by atoms with E-state index in [4.69, 9.17) is 9.47 Å². The highest BCUT2D eigenvalue weighted by molar-refractivity contribution is 5.51. The van der Waals surface area contributed by atoms with Gasteiger partial charge in [-0.05, 0) is 44.7 Å². The highest BCUT2D eigenvalue weighted by Crippen LogP contribution is 2.37. The summed E-state index contributed by atoms with van der Waals surface area (Å²) in [5.74, 6) is 1.60. The number of nitrogens with one attached hydrogen (secondary N) is 1. The summed E-state index contributed by atoms with van der Waals surface area (Å²) in [5, 5.41) is 3.34. The molecule has 4 nitrogen and oxygen atoms in total. The average molecular weight is 286 g/mol. The normalized spacial score (nSPS) is 12.0. The molecule has 1 N–H and O–H groups in total. The summed E-state index contributed by atoms with van der Waals surface area (Å²) in [4.78, 5) is 4.56.